The van der Waals surface area contributed by atoms with Gasteiger partial charge >= 0.3 is 0 Å². The third-order valence-corrected chi connectivity index (χ3v) is 2.16. The average molecular weight is 232 g/mol. The topological polar surface area (TPSA) is 121 Å². The lowest BCUT2D eigenvalue weighted by molar-refractivity contribution is 0.282. The van der Waals surface area contributed by atoms with Crippen LogP contribution < -0.4 is 16.9 Å². The maximum atomic E-state index is 8.98. The molecule has 0 aliphatic carbocycles. The van der Waals surface area contributed by atoms with E-state index in [0.717, 1.165) is 11.3 Å². The van der Waals surface area contributed by atoms with E-state index in [1.165, 1.54) is 0 Å². The molecule has 0 fully saturated rings. The van der Waals surface area contributed by atoms with Gasteiger partial charge in [-0.1, -0.05) is 12.1 Å². The molecule has 1 aliphatic heterocycles. The Morgan fingerprint density at radius 3 is 2.59 bits per heavy atom. The summed E-state index contributed by atoms with van der Waals surface area (Å²) in [5.74, 6) is 0.349. The second-order valence-corrected chi connectivity index (χ2v) is 3.40. The van der Waals surface area contributed by atoms with Crippen LogP contribution >= 0.6 is 0 Å². The molecule has 2 rings (SSSR count). The molecule has 17 heavy (non-hydrogen) atoms. The van der Waals surface area contributed by atoms with Crippen molar-refractivity contribution in [3.63, 3.8) is 0 Å². The van der Waals surface area contributed by atoms with Crippen molar-refractivity contribution >= 4 is 23.1 Å². The smallest absolute Gasteiger partial charge is 0.177 e. The van der Waals surface area contributed by atoms with Gasteiger partial charge in [-0.15, -0.1) is 10.2 Å². The van der Waals surface area contributed by atoms with Crippen LogP contribution in [0.2, 0.25) is 0 Å². The van der Waals surface area contributed by atoms with Crippen LogP contribution in [-0.4, -0.2) is 22.5 Å². The number of rotatable bonds is 3. The number of hydrogen-bond acceptors (Lipinski definition) is 7. The maximum absolute atomic E-state index is 8.98. The molecule has 88 valence electrons. The number of nitrogens with one attached hydrogen (secondary N) is 1. The molecule has 1 aromatic carbocycles. The second-order valence-electron chi connectivity index (χ2n) is 3.40. The van der Waals surface area contributed by atoms with E-state index in [1.807, 2.05) is 0 Å². The van der Waals surface area contributed by atoms with Crippen LogP contribution in [0.4, 0.5) is 5.69 Å². The number of hydrazone groups is 1. The Morgan fingerprint density at radius 1 is 1.24 bits per heavy atom. The highest BCUT2D eigenvalue weighted by Gasteiger charge is 2.16. The number of anilines is 1. The van der Waals surface area contributed by atoms with Gasteiger partial charge < -0.3 is 16.6 Å². The molecular formula is C10H12N6O. The van der Waals surface area contributed by atoms with Crippen LogP contribution in [0.25, 0.3) is 0 Å². The molecule has 0 radical (unpaired) electrons. The summed E-state index contributed by atoms with van der Waals surface area (Å²) in [6.07, 6.45) is 0. The number of aliphatic hydroxyl groups is 1. The first-order chi connectivity index (χ1) is 8.20. The predicted octanol–water partition coefficient (Wildman–Crippen LogP) is -0.410. The lowest BCUT2D eigenvalue weighted by Crippen LogP contribution is -2.32. The summed E-state index contributed by atoms with van der Waals surface area (Å²) in [5, 5.41) is 20.2. The van der Waals surface area contributed by atoms with Crippen molar-refractivity contribution < 1.29 is 5.11 Å². The lowest BCUT2D eigenvalue weighted by atomic mass is 10.2. The number of nitrogens with zero attached hydrogens (tertiary/aromatic N) is 3. The van der Waals surface area contributed by atoms with Gasteiger partial charge in [0.25, 0.3) is 0 Å². The summed E-state index contributed by atoms with van der Waals surface area (Å²) in [5.41, 5.74) is 15.7. The molecule has 7 heteroatoms. The van der Waals surface area contributed by atoms with E-state index < -0.39 is 0 Å². The summed E-state index contributed by atoms with van der Waals surface area (Å²) in [6.45, 7) is -0.0285. The SMILES string of the molecule is NC1=NN=C(N)C1=NNc1cccc(CO)c1. The van der Waals surface area contributed by atoms with Gasteiger partial charge in [0.1, 0.15) is 0 Å². The fourth-order valence-electron chi connectivity index (χ4n) is 1.31. The van der Waals surface area contributed by atoms with Gasteiger partial charge in [0.15, 0.2) is 17.4 Å². The first-order valence-corrected chi connectivity index (χ1v) is 4.91. The first kappa shape index (κ1) is 11.1. The van der Waals surface area contributed by atoms with E-state index in [-0.39, 0.29) is 18.3 Å². The quantitative estimate of drug-likeness (QED) is 0.529. The number of hydrogen-bond donors (Lipinski definition) is 4. The molecule has 0 saturated heterocycles. The third kappa shape index (κ3) is 2.40. The summed E-state index contributed by atoms with van der Waals surface area (Å²) >= 11 is 0. The van der Waals surface area contributed by atoms with Gasteiger partial charge in [-0.05, 0) is 17.7 Å². The number of amidine groups is 2. The van der Waals surface area contributed by atoms with Crippen molar-refractivity contribution in [2.75, 3.05) is 5.43 Å². The zero-order chi connectivity index (χ0) is 12.3. The molecule has 0 bridgehead atoms. The number of benzene rings is 1. The monoisotopic (exact) mass is 232 g/mol. The van der Waals surface area contributed by atoms with E-state index in [1.54, 1.807) is 24.3 Å². The van der Waals surface area contributed by atoms with E-state index >= 15 is 0 Å². The lowest BCUT2D eigenvalue weighted by Gasteiger charge is -2.03. The Hall–Kier alpha value is -2.41. The number of aliphatic hydroxyl groups excluding tert-OH is 1. The van der Waals surface area contributed by atoms with Crippen molar-refractivity contribution in [1.29, 1.82) is 0 Å². The molecule has 0 saturated carbocycles. The highest BCUT2D eigenvalue weighted by Crippen LogP contribution is 2.10. The molecule has 0 unspecified atom stereocenters. The minimum absolute atomic E-state index is 0.0285. The van der Waals surface area contributed by atoms with Gasteiger partial charge in [-0.2, -0.15) is 5.10 Å². The Bertz CT molecular complexity index is 499. The molecule has 0 amide bonds. The molecule has 7 nitrogen and oxygen atoms in total. The summed E-state index contributed by atoms with van der Waals surface area (Å²) in [4.78, 5) is 0. The van der Waals surface area contributed by atoms with Crippen molar-refractivity contribution in [2.24, 2.45) is 26.8 Å². The van der Waals surface area contributed by atoms with E-state index in [4.69, 9.17) is 16.6 Å². The minimum atomic E-state index is -0.0285. The molecule has 1 heterocycles. The highest BCUT2D eigenvalue weighted by molar-refractivity contribution is 6.68. The molecule has 1 aromatic rings. The van der Waals surface area contributed by atoms with Crippen LogP contribution in [0.15, 0.2) is 39.6 Å². The fourth-order valence-corrected chi connectivity index (χ4v) is 1.31. The normalized spacial score (nSPS) is 14.3. The molecule has 0 atom stereocenters. The van der Waals surface area contributed by atoms with Gasteiger partial charge in [0, 0.05) is 0 Å². The summed E-state index contributed by atoms with van der Waals surface area (Å²) < 4.78 is 0. The van der Waals surface area contributed by atoms with Crippen molar-refractivity contribution in [3.05, 3.63) is 29.8 Å². The van der Waals surface area contributed by atoms with Crippen LogP contribution in [0, 0.1) is 0 Å². The molecule has 1 aliphatic rings. The highest BCUT2D eigenvalue weighted by atomic mass is 16.3. The van der Waals surface area contributed by atoms with Crippen molar-refractivity contribution in [1.82, 2.24) is 0 Å². The van der Waals surface area contributed by atoms with Gasteiger partial charge in [-0.3, -0.25) is 5.43 Å². The zero-order valence-corrected chi connectivity index (χ0v) is 8.96. The minimum Gasteiger partial charge on any atom is -0.392 e. The van der Waals surface area contributed by atoms with E-state index in [2.05, 4.69) is 20.7 Å². The molecule has 6 N–H and O–H groups in total. The van der Waals surface area contributed by atoms with Gasteiger partial charge in [0.05, 0.1) is 12.3 Å². The van der Waals surface area contributed by atoms with Gasteiger partial charge in [-0.25, -0.2) is 0 Å². The Kier molecular flexibility index (Phi) is 3.01. The second kappa shape index (κ2) is 4.62. The zero-order valence-electron chi connectivity index (χ0n) is 8.96. The number of nitrogens with two attached hydrogens (primary N) is 2. The summed E-state index contributed by atoms with van der Waals surface area (Å²) in [6, 6.07) is 7.18. The molecule has 0 aromatic heterocycles. The van der Waals surface area contributed by atoms with Crippen LogP contribution in [0.5, 0.6) is 0 Å². The van der Waals surface area contributed by atoms with Crippen LogP contribution in [0.1, 0.15) is 5.56 Å². The van der Waals surface area contributed by atoms with Crippen molar-refractivity contribution in [2.45, 2.75) is 6.61 Å². The van der Waals surface area contributed by atoms with Gasteiger partial charge in [0.2, 0.25) is 0 Å². The molecular weight excluding hydrogens is 220 g/mol. The Labute approximate surface area is 97.5 Å². The van der Waals surface area contributed by atoms with E-state index in [9.17, 15) is 0 Å². The van der Waals surface area contributed by atoms with Crippen LogP contribution in [0.3, 0.4) is 0 Å². The van der Waals surface area contributed by atoms with Crippen LogP contribution in [-0.2, 0) is 6.61 Å². The third-order valence-electron chi connectivity index (χ3n) is 2.16. The maximum Gasteiger partial charge on any atom is 0.177 e. The first-order valence-electron chi connectivity index (χ1n) is 4.91. The Balaban J connectivity index is 2.14. The largest absolute Gasteiger partial charge is 0.392 e. The molecule has 0 spiro atoms. The predicted molar refractivity (Wildman–Crippen MR) is 66.7 cm³/mol. The summed E-state index contributed by atoms with van der Waals surface area (Å²) in [7, 11) is 0. The van der Waals surface area contributed by atoms with E-state index in [0.29, 0.717) is 5.71 Å². The average Bonchev–Trinajstić information content (AvgIpc) is 2.67. The Morgan fingerprint density at radius 2 is 1.94 bits per heavy atom. The van der Waals surface area contributed by atoms with Crippen molar-refractivity contribution in [3.8, 4) is 0 Å². The fraction of sp³-hybridized carbons (Fsp3) is 0.100. The standard InChI is InChI=1S/C10H12N6O/c11-9-8(10(12)16-15-9)14-13-7-3-1-2-6(4-7)5-17/h1-4,13,17H,5H2,(H4,11,12,14,15,16).